The fraction of sp³-hybridized carbons (Fsp3) is 0.385. The summed E-state index contributed by atoms with van der Waals surface area (Å²) in [6, 6.07) is 2.26. The van der Waals surface area contributed by atoms with Gasteiger partial charge in [-0.05, 0) is 18.9 Å². The molecule has 21 heavy (non-hydrogen) atoms. The smallest absolute Gasteiger partial charge is 0.263 e. The molecule has 0 radical (unpaired) electrons. The molecule has 1 aliphatic rings. The van der Waals surface area contributed by atoms with Gasteiger partial charge in [-0.2, -0.15) is 0 Å². The minimum Gasteiger partial charge on any atom is -0.352 e. The Bertz CT molecular complexity index is 722. The Morgan fingerprint density at radius 3 is 2.71 bits per heavy atom. The summed E-state index contributed by atoms with van der Waals surface area (Å²) in [7, 11) is -1.77. The number of anilines is 1. The van der Waals surface area contributed by atoms with E-state index in [2.05, 4.69) is 20.0 Å². The van der Waals surface area contributed by atoms with Crippen molar-refractivity contribution in [3.63, 3.8) is 0 Å². The number of nitrogens with zero attached hydrogens (tertiary/aromatic N) is 3. The van der Waals surface area contributed by atoms with E-state index in [1.165, 1.54) is 31.6 Å². The van der Waals surface area contributed by atoms with E-state index in [-0.39, 0.29) is 4.90 Å². The van der Waals surface area contributed by atoms with Crippen molar-refractivity contribution in [2.45, 2.75) is 30.3 Å². The summed E-state index contributed by atoms with van der Waals surface area (Å²) in [6.45, 7) is 0.672. The monoisotopic (exact) mass is 307 g/mol. The maximum atomic E-state index is 12.3. The standard InChI is InChI=1S/C13H17N5O2S/c1-18-8-13(4-12(18)7-16-10-2-3-10)21(19,20)17-11-5-14-9-15-6-11/h4-6,8-10,16-17H,2-3,7H2,1H3. The number of hydrogen-bond acceptors (Lipinski definition) is 5. The average molecular weight is 307 g/mol. The van der Waals surface area contributed by atoms with E-state index in [1.54, 1.807) is 12.3 Å². The number of hydrogen-bond donors (Lipinski definition) is 2. The van der Waals surface area contributed by atoms with E-state index >= 15 is 0 Å². The molecular formula is C13H17N5O2S. The zero-order valence-corrected chi connectivity index (χ0v) is 12.5. The molecule has 3 rings (SSSR count). The van der Waals surface area contributed by atoms with Gasteiger partial charge in [-0.15, -0.1) is 0 Å². The SMILES string of the molecule is Cn1cc(S(=O)(=O)Nc2cncnc2)cc1CNC1CC1. The van der Waals surface area contributed by atoms with Crippen LogP contribution in [-0.2, 0) is 23.6 Å². The van der Waals surface area contributed by atoms with Crippen LogP contribution in [0, 0.1) is 0 Å². The van der Waals surface area contributed by atoms with Crippen molar-refractivity contribution < 1.29 is 8.42 Å². The summed E-state index contributed by atoms with van der Waals surface area (Å²) < 4.78 is 28.9. The normalized spacial score (nSPS) is 15.1. The second-order valence-electron chi connectivity index (χ2n) is 5.17. The molecule has 1 saturated carbocycles. The van der Waals surface area contributed by atoms with E-state index in [9.17, 15) is 8.42 Å². The molecule has 0 unspecified atom stereocenters. The maximum absolute atomic E-state index is 12.3. The van der Waals surface area contributed by atoms with Crippen LogP contribution in [0.1, 0.15) is 18.5 Å². The lowest BCUT2D eigenvalue weighted by molar-refractivity contribution is 0.601. The fourth-order valence-electron chi connectivity index (χ4n) is 2.00. The largest absolute Gasteiger partial charge is 0.352 e. The molecule has 2 aromatic rings. The fourth-order valence-corrected chi connectivity index (χ4v) is 3.12. The predicted molar refractivity (Wildman–Crippen MR) is 78.1 cm³/mol. The van der Waals surface area contributed by atoms with Crippen molar-refractivity contribution in [1.29, 1.82) is 0 Å². The molecule has 2 aromatic heterocycles. The van der Waals surface area contributed by atoms with Gasteiger partial charge in [0.25, 0.3) is 10.0 Å². The maximum Gasteiger partial charge on any atom is 0.263 e. The first kappa shape index (κ1) is 14.0. The third kappa shape index (κ3) is 3.40. The highest BCUT2D eigenvalue weighted by atomic mass is 32.2. The minimum absolute atomic E-state index is 0.237. The number of nitrogens with one attached hydrogen (secondary N) is 2. The molecule has 8 heteroatoms. The van der Waals surface area contributed by atoms with E-state index < -0.39 is 10.0 Å². The molecule has 0 atom stereocenters. The Labute approximate surface area is 123 Å². The quantitative estimate of drug-likeness (QED) is 0.826. The van der Waals surface area contributed by atoms with Crippen molar-refractivity contribution in [3.8, 4) is 0 Å². The Kier molecular flexibility index (Phi) is 3.64. The molecule has 2 heterocycles. The van der Waals surface area contributed by atoms with Gasteiger partial charge in [-0.1, -0.05) is 0 Å². The average Bonchev–Trinajstić information content (AvgIpc) is 3.20. The zero-order valence-electron chi connectivity index (χ0n) is 11.7. The van der Waals surface area contributed by atoms with E-state index in [0.29, 0.717) is 18.3 Å². The molecular weight excluding hydrogens is 290 g/mol. The Morgan fingerprint density at radius 1 is 1.33 bits per heavy atom. The van der Waals surface area contributed by atoms with E-state index in [0.717, 1.165) is 5.69 Å². The molecule has 1 aliphatic carbocycles. The molecule has 7 nitrogen and oxygen atoms in total. The molecule has 0 bridgehead atoms. The van der Waals surface area contributed by atoms with Crippen LogP contribution in [-0.4, -0.2) is 29.0 Å². The number of sulfonamides is 1. The van der Waals surface area contributed by atoms with E-state index in [4.69, 9.17) is 0 Å². The van der Waals surface area contributed by atoms with Crippen LogP contribution in [0.3, 0.4) is 0 Å². The van der Waals surface area contributed by atoms with Crippen LogP contribution in [0.5, 0.6) is 0 Å². The summed E-state index contributed by atoms with van der Waals surface area (Å²) in [5.74, 6) is 0. The first-order valence-electron chi connectivity index (χ1n) is 6.71. The Balaban J connectivity index is 1.76. The summed E-state index contributed by atoms with van der Waals surface area (Å²) in [6.07, 6.45) is 8.19. The lowest BCUT2D eigenvalue weighted by Crippen LogP contribution is -2.17. The van der Waals surface area contributed by atoms with E-state index in [1.807, 2.05) is 11.6 Å². The van der Waals surface area contributed by atoms with Crippen LogP contribution in [0.2, 0.25) is 0 Å². The minimum atomic E-state index is -3.62. The van der Waals surface area contributed by atoms with Crippen molar-refractivity contribution in [2.75, 3.05) is 4.72 Å². The lowest BCUT2D eigenvalue weighted by atomic mass is 10.4. The number of rotatable bonds is 6. The van der Waals surface area contributed by atoms with Crippen LogP contribution < -0.4 is 10.0 Å². The molecule has 0 saturated heterocycles. The molecule has 0 aromatic carbocycles. The summed E-state index contributed by atoms with van der Waals surface area (Å²) >= 11 is 0. The van der Waals surface area contributed by atoms with Crippen molar-refractivity contribution in [3.05, 3.63) is 36.7 Å². The van der Waals surface area contributed by atoms with Crippen molar-refractivity contribution in [2.24, 2.45) is 7.05 Å². The van der Waals surface area contributed by atoms with Crippen LogP contribution in [0.25, 0.3) is 0 Å². The Morgan fingerprint density at radius 2 is 2.05 bits per heavy atom. The van der Waals surface area contributed by atoms with Gasteiger partial charge >= 0.3 is 0 Å². The Hall–Kier alpha value is -1.93. The van der Waals surface area contributed by atoms with Gasteiger partial charge in [-0.25, -0.2) is 18.4 Å². The van der Waals surface area contributed by atoms with Gasteiger partial charge in [0.15, 0.2) is 0 Å². The second-order valence-corrected chi connectivity index (χ2v) is 6.85. The highest BCUT2D eigenvalue weighted by molar-refractivity contribution is 7.92. The third-order valence-corrected chi connectivity index (χ3v) is 4.70. The molecule has 0 amide bonds. The second kappa shape index (κ2) is 5.45. The van der Waals surface area contributed by atoms with Crippen molar-refractivity contribution in [1.82, 2.24) is 19.9 Å². The molecule has 112 valence electrons. The first-order valence-corrected chi connectivity index (χ1v) is 8.19. The molecule has 0 spiro atoms. The van der Waals surface area contributed by atoms with Crippen molar-refractivity contribution >= 4 is 15.7 Å². The molecule has 0 aliphatic heterocycles. The summed E-state index contributed by atoms with van der Waals surface area (Å²) in [5.41, 5.74) is 1.28. The van der Waals surface area contributed by atoms with Crippen LogP contribution in [0.15, 0.2) is 35.9 Å². The highest BCUT2D eigenvalue weighted by Gasteiger charge is 2.22. The number of aryl methyl sites for hydroxylation is 1. The number of aromatic nitrogens is 3. The first-order chi connectivity index (χ1) is 10.0. The topological polar surface area (TPSA) is 88.9 Å². The summed E-state index contributed by atoms with van der Waals surface area (Å²) in [4.78, 5) is 7.81. The molecule has 1 fully saturated rings. The summed E-state index contributed by atoms with van der Waals surface area (Å²) in [5, 5.41) is 3.37. The van der Waals surface area contributed by atoms with Gasteiger partial charge in [0, 0.05) is 31.5 Å². The lowest BCUT2D eigenvalue weighted by Gasteiger charge is -2.04. The molecule has 2 N–H and O–H groups in total. The van der Waals surface area contributed by atoms with Gasteiger partial charge < -0.3 is 9.88 Å². The van der Waals surface area contributed by atoms with Crippen LogP contribution in [0.4, 0.5) is 5.69 Å². The van der Waals surface area contributed by atoms with Crippen LogP contribution >= 0.6 is 0 Å². The zero-order chi connectivity index (χ0) is 14.9. The van der Waals surface area contributed by atoms with Gasteiger partial charge in [0.2, 0.25) is 0 Å². The van der Waals surface area contributed by atoms with Gasteiger partial charge in [0.05, 0.1) is 18.1 Å². The highest BCUT2D eigenvalue weighted by Crippen LogP contribution is 2.21. The third-order valence-electron chi connectivity index (χ3n) is 3.36. The predicted octanol–water partition coefficient (Wildman–Crippen LogP) is 0.868. The van der Waals surface area contributed by atoms with Gasteiger partial charge in [0.1, 0.15) is 11.2 Å². The van der Waals surface area contributed by atoms with Gasteiger partial charge in [-0.3, -0.25) is 4.72 Å².